The molecule has 0 bridgehead atoms. The van der Waals surface area contributed by atoms with Crippen LogP contribution in [0.25, 0.3) is 5.65 Å². The predicted molar refractivity (Wildman–Crippen MR) is 139 cm³/mol. The second kappa shape index (κ2) is 11.9. The molecule has 0 saturated carbocycles. The van der Waals surface area contributed by atoms with Gasteiger partial charge in [0.25, 0.3) is 5.88 Å². The van der Waals surface area contributed by atoms with Crippen molar-refractivity contribution in [3.8, 4) is 5.88 Å². The smallest absolute Gasteiger partial charge is 0.430 e. The minimum atomic E-state index is -10.1. The summed E-state index contributed by atoms with van der Waals surface area (Å²) in [7, 11) is -10.1. The number of hydrogen-bond donors (Lipinski definition) is 1. The van der Waals surface area contributed by atoms with Crippen LogP contribution in [0.1, 0.15) is 37.0 Å². The van der Waals surface area contributed by atoms with Crippen LogP contribution in [0.5, 0.6) is 5.88 Å². The SMILES string of the molecule is CCC(CC)Oc1ccc2n(n1)c(N)n[n+]2CC(=O)c1cc(N2CCOCC2)cc(S(F)(F)(F)(F)F)c1.O=C([O-])C(F)(F)F. The molecule has 2 aromatic heterocycles. The summed E-state index contributed by atoms with van der Waals surface area (Å²) in [6.45, 7) is 4.21. The largest absolute Gasteiger partial charge is 0.542 e. The fourth-order valence-electron chi connectivity index (χ4n) is 3.98. The summed E-state index contributed by atoms with van der Waals surface area (Å²) in [5.74, 6) is -3.68. The van der Waals surface area contributed by atoms with Crippen molar-refractivity contribution in [2.75, 3.05) is 36.9 Å². The van der Waals surface area contributed by atoms with Gasteiger partial charge in [-0.2, -0.15) is 13.2 Å². The number of ketones is 1. The number of carbonyl (C=O) groups is 2. The van der Waals surface area contributed by atoms with E-state index in [0.29, 0.717) is 6.07 Å². The van der Waals surface area contributed by atoms with Gasteiger partial charge in [-0.1, -0.05) is 37.8 Å². The van der Waals surface area contributed by atoms with E-state index in [-0.39, 0.29) is 61.6 Å². The number of nitrogens with zero attached hydrogens (tertiary/aromatic N) is 5. The van der Waals surface area contributed by atoms with Crippen molar-refractivity contribution in [3.05, 3.63) is 35.9 Å². The quantitative estimate of drug-likeness (QED) is 0.205. The van der Waals surface area contributed by atoms with Crippen LogP contribution in [-0.2, 0) is 16.1 Å². The molecule has 11 nitrogen and oxygen atoms in total. The highest BCUT2D eigenvalue weighted by atomic mass is 32.5. The van der Waals surface area contributed by atoms with Gasteiger partial charge >= 0.3 is 28.0 Å². The van der Waals surface area contributed by atoms with Crippen molar-refractivity contribution in [3.63, 3.8) is 0 Å². The van der Waals surface area contributed by atoms with Gasteiger partial charge in [0.15, 0.2) is 6.54 Å². The fraction of sp³-hybridized carbons (Fsp3) is 0.458. The number of nitrogens with two attached hydrogens (primary N) is 1. The number of morpholine rings is 1. The number of benzene rings is 1. The first-order valence-electron chi connectivity index (χ1n) is 12.9. The fourth-order valence-corrected chi connectivity index (χ4v) is 4.68. The number of aliphatic carboxylic acids is 1. The van der Waals surface area contributed by atoms with E-state index in [1.165, 1.54) is 15.5 Å². The Morgan fingerprint density at radius 2 is 1.68 bits per heavy atom. The standard InChI is InChI=1S/C22H28F5N6O3S.C2HF3O2/c1-3-17(4-2)36-20-5-6-21-32(30-22(28)33(21)29-20)14-19(34)15-11-16(31-7-9-35-10-8-31)13-18(12-15)37(23,24,25,26)27;3-2(4,5)1(6)7/h5-6,11-13,17H,3-4,7-10,14H2,1-2H3,(H2,28,30);(H,6,7)/q+1;/p-1. The number of aromatic nitrogens is 4. The molecule has 1 fully saturated rings. The van der Waals surface area contributed by atoms with Gasteiger partial charge < -0.3 is 30.0 Å². The molecule has 44 heavy (non-hydrogen) atoms. The lowest BCUT2D eigenvalue weighted by atomic mass is 10.1. The van der Waals surface area contributed by atoms with Gasteiger partial charge in [-0.3, -0.25) is 4.79 Å². The third kappa shape index (κ3) is 8.80. The lowest BCUT2D eigenvalue weighted by Crippen LogP contribution is -2.40. The molecule has 3 heterocycles. The van der Waals surface area contributed by atoms with Gasteiger partial charge in [0.05, 0.1) is 13.2 Å². The Morgan fingerprint density at radius 1 is 1.09 bits per heavy atom. The minimum Gasteiger partial charge on any atom is -0.542 e. The van der Waals surface area contributed by atoms with E-state index >= 15 is 0 Å². The van der Waals surface area contributed by atoms with Crippen molar-refractivity contribution < 1.29 is 61.5 Å². The summed E-state index contributed by atoms with van der Waals surface area (Å²) in [6.07, 6.45) is -3.74. The van der Waals surface area contributed by atoms with Gasteiger partial charge in [0, 0.05) is 36.5 Å². The average Bonchev–Trinajstić information content (AvgIpc) is 3.24. The molecule has 0 aliphatic carbocycles. The lowest BCUT2D eigenvalue weighted by molar-refractivity contribution is -0.714. The first-order valence-corrected chi connectivity index (χ1v) is 14.8. The molecule has 1 saturated heterocycles. The number of rotatable bonds is 9. The maximum absolute atomic E-state index is 13.7. The maximum Gasteiger partial charge on any atom is 0.430 e. The summed E-state index contributed by atoms with van der Waals surface area (Å²) in [6, 6.07) is 4.84. The number of halogens is 8. The van der Waals surface area contributed by atoms with Gasteiger partial charge in [0.1, 0.15) is 17.0 Å². The van der Waals surface area contributed by atoms with E-state index in [1.807, 2.05) is 13.8 Å². The molecule has 1 aliphatic heterocycles. The van der Waals surface area contributed by atoms with Crippen molar-refractivity contribution >= 4 is 39.3 Å². The zero-order chi connectivity index (χ0) is 33.2. The van der Waals surface area contributed by atoms with Crippen LogP contribution in [-0.4, -0.2) is 65.0 Å². The highest BCUT2D eigenvalue weighted by Gasteiger charge is 2.65. The van der Waals surface area contributed by atoms with E-state index in [9.17, 15) is 37.4 Å². The first kappa shape index (κ1) is 34.5. The van der Waals surface area contributed by atoms with Crippen molar-refractivity contribution in [1.29, 1.82) is 0 Å². The second-order valence-corrected chi connectivity index (χ2v) is 11.9. The molecular weight excluding hydrogens is 636 g/mol. The van der Waals surface area contributed by atoms with Crippen LogP contribution >= 0.6 is 10.2 Å². The molecule has 2 N–H and O–H groups in total. The topological polar surface area (TPSA) is 139 Å². The Bertz CT molecular complexity index is 1520. The van der Waals surface area contributed by atoms with Gasteiger partial charge in [-0.05, 0) is 41.2 Å². The van der Waals surface area contributed by atoms with E-state index in [2.05, 4.69) is 10.2 Å². The third-order valence-corrected chi connectivity index (χ3v) is 7.38. The summed E-state index contributed by atoms with van der Waals surface area (Å²) in [5, 5.41) is 17.1. The van der Waals surface area contributed by atoms with E-state index in [1.54, 1.807) is 12.1 Å². The molecular formula is C24H28F8N6O5S. The number of carboxylic acids is 1. The Hall–Kier alpha value is -3.94. The highest BCUT2D eigenvalue weighted by Crippen LogP contribution is 3.02. The maximum atomic E-state index is 13.7. The Morgan fingerprint density at radius 3 is 2.20 bits per heavy atom. The molecule has 1 aromatic carbocycles. The highest BCUT2D eigenvalue weighted by molar-refractivity contribution is 8.45. The number of fused-ring (bicyclic) bond motifs is 1. The normalized spacial score (nSPS) is 15.8. The summed E-state index contributed by atoms with van der Waals surface area (Å²) < 4.78 is 114. The van der Waals surface area contributed by atoms with Crippen LogP contribution in [0.4, 0.5) is 44.2 Å². The van der Waals surface area contributed by atoms with Crippen LogP contribution in [0.3, 0.4) is 0 Å². The lowest BCUT2D eigenvalue weighted by Gasteiger charge is -2.41. The number of carbonyl (C=O) groups excluding carboxylic acids is 2. The van der Waals surface area contributed by atoms with Crippen LogP contribution in [0.15, 0.2) is 35.2 Å². The summed E-state index contributed by atoms with van der Waals surface area (Å²) >= 11 is 0. The first-order chi connectivity index (χ1) is 20.1. The van der Waals surface area contributed by atoms with E-state index in [4.69, 9.17) is 25.1 Å². The Kier molecular flexibility index (Phi) is 9.32. The monoisotopic (exact) mass is 664 g/mol. The average molecular weight is 665 g/mol. The van der Waals surface area contributed by atoms with Gasteiger partial charge in [0.2, 0.25) is 5.78 Å². The zero-order valence-corrected chi connectivity index (χ0v) is 24.0. The number of ether oxygens (including phenoxy) is 2. The second-order valence-electron chi connectivity index (χ2n) is 9.51. The Labute approximate surface area is 244 Å². The molecule has 0 radical (unpaired) electrons. The van der Waals surface area contributed by atoms with E-state index in [0.717, 1.165) is 17.5 Å². The van der Waals surface area contributed by atoms with Crippen LogP contribution in [0, 0.1) is 0 Å². The van der Waals surface area contributed by atoms with Crippen molar-refractivity contribution in [2.45, 2.75) is 50.4 Å². The molecule has 246 valence electrons. The van der Waals surface area contributed by atoms with Gasteiger partial charge in [-0.15, -0.1) is 4.68 Å². The van der Waals surface area contributed by atoms with Crippen LogP contribution in [0.2, 0.25) is 0 Å². The molecule has 1 aliphatic rings. The Balaban J connectivity index is 0.000000676. The number of hydrogen-bond acceptors (Lipinski definition) is 9. The molecule has 0 atom stereocenters. The number of Topliss-reactive ketones (excluding diaryl/α,β-unsaturated/α-hetero) is 1. The minimum absolute atomic E-state index is 0.0643. The number of anilines is 2. The third-order valence-electron chi connectivity index (χ3n) is 6.25. The summed E-state index contributed by atoms with van der Waals surface area (Å²) in [4.78, 5) is 21.2. The molecule has 0 amide bonds. The number of carboxylic acid groups (broad SMARTS) is 1. The van der Waals surface area contributed by atoms with Crippen molar-refractivity contribution in [1.82, 2.24) is 14.7 Å². The summed E-state index contributed by atoms with van der Waals surface area (Å²) in [5.41, 5.74) is 5.53. The molecule has 3 aromatic rings. The molecule has 4 rings (SSSR count). The molecule has 0 unspecified atom stereocenters. The number of alkyl halides is 3. The van der Waals surface area contributed by atoms with E-state index < -0.39 is 45.2 Å². The van der Waals surface area contributed by atoms with Crippen molar-refractivity contribution in [2.24, 2.45) is 0 Å². The number of nitrogen functional groups attached to an aromatic ring is 1. The van der Waals surface area contributed by atoms with Gasteiger partial charge in [-0.25, -0.2) is 0 Å². The molecule has 20 heteroatoms. The zero-order valence-electron chi connectivity index (χ0n) is 23.2. The predicted octanol–water partition coefficient (Wildman–Crippen LogP) is 3.84. The molecule has 0 spiro atoms. The van der Waals surface area contributed by atoms with Crippen LogP contribution < -0.4 is 25.2 Å².